The zero-order valence-electron chi connectivity index (χ0n) is 17.1. The summed E-state index contributed by atoms with van der Waals surface area (Å²) in [5.74, 6) is 1.08. The van der Waals surface area contributed by atoms with Gasteiger partial charge in [-0.2, -0.15) is 14.9 Å². The molecule has 0 aliphatic rings. The Kier molecular flexibility index (Phi) is 5.63. The van der Waals surface area contributed by atoms with Crippen LogP contribution in [0.5, 0.6) is 0 Å². The van der Waals surface area contributed by atoms with Gasteiger partial charge in [0.1, 0.15) is 12.1 Å². The van der Waals surface area contributed by atoms with Crippen molar-refractivity contribution in [3.8, 4) is 11.5 Å². The normalized spacial score (nSPS) is 11.2. The largest absolute Gasteiger partial charge is 0.311 e. The summed E-state index contributed by atoms with van der Waals surface area (Å²) in [5.41, 5.74) is 4.78. The summed E-state index contributed by atoms with van der Waals surface area (Å²) >= 11 is 3.35. The fourth-order valence-electron chi connectivity index (χ4n) is 3.23. The number of fused-ring (bicyclic) bond motifs is 1. The quantitative estimate of drug-likeness (QED) is 0.432. The van der Waals surface area contributed by atoms with Crippen LogP contribution in [-0.4, -0.2) is 40.8 Å². The third-order valence-electron chi connectivity index (χ3n) is 4.92. The average Bonchev–Trinajstić information content (AvgIpc) is 3.31. The lowest BCUT2D eigenvalue weighted by atomic mass is 10.1. The number of nitrogens with one attached hydrogen (secondary N) is 1. The highest BCUT2D eigenvalue weighted by atomic mass is 79.9. The van der Waals surface area contributed by atoms with E-state index in [0.717, 1.165) is 28.5 Å². The van der Waals surface area contributed by atoms with Crippen LogP contribution in [0.1, 0.15) is 29.7 Å². The van der Waals surface area contributed by atoms with Crippen LogP contribution in [0.2, 0.25) is 0 Å². The topological polar surface area (TPSA) is 90.5 Å². The van der Waals surface area contributed by atoms with Crippen molar-refractivity contribution in [2.45, 2.75) is 33.6 Å². The molecule has 0 radical (unpaired) electrons. The minimum absolute atomic E-state index is 0.0632. The summed E-state index contributed by atoms with van der Waals surface area (Å²) in [6.07, 6.45) is 4.41. The van der Waals surface area contributed by atoms with Gasteiger partial charge in [0, 0.05) is 17.8 Å². The van der Waals surface area contributed by atoms with Crippen LogP contribution in [0.4, 0.5) is 5.82 Å². The molecule has 3 heterocycles. The van der Waals surface area contributed by atoms with Crippen molar-refractivity contribution in [2.75, 3.05) is 10.6 Å². The molecular weight excluding hydrogens is 446 g/mol. The molecule has 0 atom stereocenters. The first-order valence-electron chi connectivity index (χ1n) is 9.67. The van der Waals surface area contributed by atoms with E-state index in [1.54, 1.807) is 15.6 Å². The molecule has 0 unspecified atom stereocenters. The Morgan fingerprint density at radius 3 is 2.70 bits per heavy atom. The van der Waals surface area contributed by atoms with Crippen molar-refractivity contribution >= 4 is 38.7 Å². The number of carbonyl (C=O) groups is 1. The van der Waals surface area contributed by atoms with Gasteiger partial charge in [-0.25, -0.2) is 14.6 Å². The lowest BCUT2D eigenvalue weighted by Crippen LogP contribution is -2.15. The number of hydrogen-bond acceptors (Lipinski definition) is 5. The van der Waals surface area contributed by atoms with Gasteiger partial charge in [-0.3, -0.25) is 4.79 Å². The van der Waals surface area contributed by atoms with Gasteiger partial charge in [-0.15, -0.1) is 0 Å². The van der Waals surface area contributed by atoms with Crippen molar-refractivity contribution in [1.82, 2.24) is 29.5 Å². The van der Waals surface area contributed by atoms with Crippen LogP contribution in [0, 0.1) is 20.8 Å². The summed E-state index contributed by atoms with van der Waals surface area (Å²) in [4.78, 5) is 21.1. The molecule has 0 aliphatic heterocycles. The molecular formula is C21H22BrN7O. The second-order valence-electron chi connectivity index (χ2n) is 7.18. The van der Waals surface area contributed by atoms with Crippen molar-refractivity contribution in [3.63, 3.8) is 0 Å². The van der Waals surface area contributed by atoms with E-state index in [1.807, 2.05) is 19.1 Å². The number of anilines is 1. The molecule has 1 aromatic carbocycles. The van der Waals surface area contributed by atoms with Gasteiger partial charge in [0.25, 0.3) is 0 Å². The third-order valence-corrected chi connectivity index (χ3v) is 5.48. The van der Waals surface area contributed by atoms with E-state index in [9.17, 15) is 4.79 Å². The van der Waals surface area contributed by atoms with Crippen LogP contribution in [0.25, 0.3) is 22.5 Å². The molecule has 30 heavy (non-hydrogen) atoms. The van der Waals surface area contributed by atoms with Crippen LogP contribution in [0.3, 0.4) is 0 Å². The van der Waals surface area contributed by atoms with E-state index in [4.69, 9.17) is 0 Å². The molecule has 0 aliphatic carbocycles. The summed E-state index contributed by atoms with van der Waals surface area (Å²) in [6, 6.07) is 7.99. The number of nitrogens with zero attached hydrogens (tertiary/aromatic N) is 6. The molecule has 4 aromatic rings. The maximum absolute atomic E-state index is 12.3. The summed E-state index contributed by atoms with van der Waals surface area (Å²) < 4.78 is 3.43. The van der Waals surface area contributed by atoms with E-state index < -0.39 is 0 Å². The number of hydrogen-bond donors (Lipinski definition) is 1. The number of amides is 1. The predicted molar refractivity (Wildman–Crippen MR) is 120 cm³/mol. The molecule has 9 heteroatoms. The monoisotopic (exact) mass is 467 g/mol. The van der Waals surface area contributed by atoms with Crippen molar-refractivity contribution in [1.29, 1.82) is 0 Å². The molecule has 0 bridgehead atoms. The molecule has 0 saturated heterocycles. The Morgan fingerprint density at radius 1 is 1.10 bits per heavy atom. The number of alkyl halides is 1. The number of carbonyl (C=O) groups excluding carboxylic acids is 1. The van der Waals surface area contributed by atoms with Crippen molar-refractivity contribution in [2.24, 2.45) is 0 Å². The fraction of sp³-hybridized carbons (Fsp3) is 0.286. The standard InChI is InChI=1S/C21H22BrN7O/c1-13-6-7-16(9-14(13)2)28-20-17(11-25-28)21(24-12-23-20)29-18(10-15(3)27-29)26-19(30)5-4-8-22/h6-7,9-12H,4-5,8H2,1-3H3,(H,26,30). The van der Waals surface area contributed by atoms with Gasteiger partial charge in [0.05, 0.1) is 23.0 Å². The molecule has 0 fully saturated rings. The highest BCUT2D eigenvalue weighted by Crippen LogP contribution is 2.25. The SMILES string of the molecule is Cc1cc(NC(=O)CCCBr)n(-c2ncnc3c2cnn3-c2ccc(C)c(C)c2)n1. The lowest BCUT2D eigenvalue weighted by Gasteiger charge is -2.09. The zero-order valence-corrected chi connectivity index (χ0v) is 18.6. The minimum Gasteiger partial charge on any atom is -0.311 e. The molecule has 8 nitrogen and oxygen atoms in total. The van der Waals surface area contributed by atoms with E-state index in [1.165, 1.54) is 17.5 Å². The van der Waals surface area contributed by atoms with Gasteiger partial charge in [-0.05, 0) is 50.5 Å². The Morgan fingerprint density at radius 2 is 1.93 bits per heavy atom. The average molecular weight is 468 g/mol. The zero-order chi connectivity index (χ0) is 21.3. The maximum Gasteiger partial charge on any atom is 0.225 e. The minimum atomic E-state index is -0.0632. The maximum atomic E-state index is 12.3. The fourth-order valence-corrected chi connectivity index (χ4v) is 3.51. The molecule has 154 valence electrons. The molecule has 1 N–H and O–H groups in total. The summed E-state index contributed by atoms with van der Waals surface area (Å²) in [5, 5.41) is 13.5. The Bertz CT molecular complexity index is 1230. The Hall–Kier alpha value is -3.07. The van der Waals surface area contributed by atoms with Gasteiger partial charge >= 0.3 is 0 Å². The molecule has 0 saturated carbocycles. The number of benzene rings is 1. The van der Waals surface area contributed by atoms with E-state index in [0.29, 0.717) is 23.7 Å². The number of rotatable bonds is 6. The highest BCUT2D eigenvalue weighted by Gasteiger charge is 2.17. The lowest BCUT2D eigenvalue weighted by molar-refractivity contribution is -0.116. The number of aromatic nitrogens is 6. The first kappa shape index (κ1) is 20.2. The first-order valence-corrected chi connectivity index (χ1v) is 10.8. The number of halogens is 1. The van der Waals surface area contributed by atoms with E-state index in [2.05, 4.69) is 67.4 Å². The van der Waals surface area contributed by atoms with Gasteiger partial charge < -0.3 is 5.32 Å². The van der Waals surface area contributed by atoms with Crippen LogP contribution < -0.4 is 5.32 Å². The van der Waals surface area contributed by atoms with Crippen molar-refractivity contribution < 1.29 is 4.79 Å². The molecule has 0 spiro atoms. The Balaban J connectivity index is 1.77. The van der Waals surface area contributed by atoms with E-state index in [-0.39, 0.29) is 5.91 Å². The van der Waals surface area contributed by atoms with Gasteiger partial charge in [-0.1, -0.05) is 22.0 Å². The van der Waals surface area contributed by atoms with Crippen LogP contribution in [0.15, 0.2) is 36.8 Å². The van der Waals surface area contributed by atoms with Crippen LogP contribution in [-0.2, 0) is 4.79 Å². The third kappa shape index (κ3) is 3.85. The molecule has 1 amide bonds. The number of aryl methyl sites for hydroxylation is 3. The smallest absolute Gasteiger partial charge is 0.225 e. The van der Waals surface area contributed by atoms with Gasteiger partial charge in [0.2, 0.25) is 5.91 Å². The molecule has 4 rings (SSSR count). The highest BCUT2D eigenvalue weighted by molar-refractivity contribution is 9.09. The second kappa shape index (κ2) is 8.35. The van der Waals surface area contributed by atoms with Crippen LogP contribution >= 0.6 is 15.9 Å². The summed E-state index contributed by atoms with van der Waals surface area (Å²) in [7, 11) is 0. The molecule has 3 aromatic heterocycles. The Labute approximate surface area is 182 Å². The predicted octanol–water partition coefficient (Wildman–Crippen LogP) is 4.04. The van der Waals surface area contributed by atoms with E-state index >= 15 is 0 Å². The summed E-state index contributed by atoms with van der Waals surface area (Å²) in [6.45, 7) is 6.03. The van der Waals surface area contributed by atoms with Crippen molar-refractivity contribution in [3.05, 3.63) is 53.6 Å². The first-order chi connectivity index (χ1) is 14.5. The second-order valence-corrected chi connectivity index (χ2v) is 7.98. The van der Waals surface area contributed by atoms with Gasteiger partial charge in [0.15, 0.2) is 11.5 Å².